The molecule has 2 N–H and O–H groups in total. The number of fused-ring (bicyclic) bond motifs is 1. The number of aliphatic hydroxyl groups is 1. The molecule has 2 aliphatic rings. The molecule has 0 aromatic heterocycles. The monoisotopic (exact) mass is 399 g/mol. The number of amides is 1. The summed E-state index contributed by atoms with van der Waals surface area (Å²) in [6, 6.07) is 9.87. The fourth-order valence-electron chi connectivity index (χ4n) is 5.06. The van der Waals surface area contributed by atoms with Crippen molar-refractivity contribution in [1.29, 1.82) is 0 Å². The molecule has 1 aromatic carbocycles. The van der Waals surface area contributed by atoms with Crippen LogP contribution < -0.4 is 5.32 Å². The number of esters is 1. The van der Waals surface area contributed by atoms with Crippen molar-refractivity contribution in [3.8, 4) is 0 Å². The van der Waals surface area contributed by atoms with Crippen LogP contribution in [0.5, 0.6) is 0 Å². The van der Waals surface area contributed by atoms with Crippen LogP contribution in [0.1, 0.15) is 52.5 Å². The predicted molar refractivity (Wildman–Crippen MR) is 112 cm³/mol. The molecule has 1 saturated carbocycles. The third kappa shape index (κ3) is 4.55. The lowest BCUT2D eigenvalue weighted by molar-refractivity contribution is -0.160. The molecule has 29 heavy (non-hydrogen) atoms. The predicted octanol–water partition coefficient (Wildman–Crippen LogP) is 3.61. The zero-order valence-electron chi connectivity index (χ0n) is 17.9. The van der Waals surface area contributed by atoms with Gasteiger partial charge < -0.3 is 15.2 Å². The summed E-state index contributed by atoms with van der Waals surface area (Å²) in [6.45, 7) is 7.87. The first-order chi connectivity index (χ1) is 13.7. The van der Waals surface area contributed by atoms with Crippen molar-refractivity contribution in [3.05, 3.63) is 47.5 Å². The van der Waals surface area contributed by atoms with Gasteiger partial charge in [-0.05, 0) is 42.7 Å². The Labute approximate surface area is 173 Å². The van der Waals surface area contributed by atoms with Gasteiger partial charge in [0.15, 0.2) is 0 Å². The van der Waals surface area contributed by atoms with Crippen LogP contribution in [0, 0.1) is 23.7 Å². The molecular weight excluding hydrogens is 366 g/mol. The van der Waals surface area contributed by atoms with E-state index in [1.54, 1.807) is 0 Å². The van der Waals surface area contributed by atoms with Gasteiger partial charge in [0.25, 0.3) is 0 Å². The van der Waals surface area contributed by atoms with Gasteiger partial charge in [-0.3, -0.25) is 9.59 Å². The fraction of sp³-hybridized carbons (Fsp3) is 0.583. The number of ether oxygens (including phenoxy) is 1. The zero-order valence-corrected chi connectivity index (χ0v) is 17.9. The van der Waals surface area contributed by atoms with Crippen molar-refractivity contribution in [2.45, 2.75) is 65.2 Å². The Kier molecular flexibility index (Phi) is 6.47. The highest BCUT2D eigenvalue weighted by Crippen LogP contribution is 2.51. The minimum Gasteiger partial charge on any atom is -0.458 e. The van der Waals surface area contributed by atoms with E-state index in [0.717, 1.165) is 24.0 Å². The summed E-state index contributed by atoms with van der Waals surface area (Å²) in [4.78, 5) is 24.4. The first kappa shape index (κ1) is 21.6. The smallest absolute Gasteiger partial charge is 0.303 e. The molecule has 1 fully saturated rings. The van der Waals surface area contributed by atoms with Crippen LogP contribution in [-0.4, -0.2) is 28.7 Å². The van der Waals surface area contributed by atoms with Gasteiger partial charge in [0.1, 0.15) is 6.10 Å². The highest BCUT2D eigenvalue weighted by atomic mass is 16.5. The Morgan fingerprint density at radius 2 is 1.97 bits per heavy atom. The molecule has 1 amide bonds. The molecule has 5 nitrogen and oxygen atoms in total. The van der Waals surface area contributed by atoms with Crippen LogP contribution in [-0.2, 0) is 20.9 Å². The Morgan fingerprint density at radius 3 is 2.62 bits per heavy atom. The number of benzene rings is 1. The van der Waals surface area contributed by atoms with Crippen LogP contribution in [0.2, 0.25) is 0 Å². The molecule has 158 valence electrons. The van der Waals surface area contributed by atoms with E-state index >= 15 is 0 Å². The van der Waals surface area contributed by atoms with Gasteiger partial charge in [0, 0.05) is 31.7 Å². The number of carbonyl (C=O) groups is 2. The summed E-state index contributed by atoms with van der Waals surface area (Å²) >= 11 is 0. The van der Waals surface area contributed by atoms with Crippen molar-refractivity contribution >= 4 is 11.9 Å². The molecule has 2 aliphatic carbocycles. The molecule has 0 bridgehead atoms. The van der Waals surface area contributed by atoms with E-state index in [1.165, 1.54) is 6.92 Å². The van der Waals surface area contributed by atoms with Crippen molar-refractivity contribution in [3.63, 3.8) is 0 Å². The minimum atomic E-state index is -0.962. The highest BCUT2D eigenvalue weighted by Gasteiger charge is 2.53. The van der Waals surface area contributed by atoms with Gasteiger partial charge >= 0.3 is 5.97 Å². The van der Waals surface area contributed by atoms with Crippen LogP contribution >= 0.6 is 0 Å². The second kappa shape index (κ2) is 8.70. The van der Waals surface area contributed by atoms with Gasteiger partial charge in [-0.15, -0.1) is 0 Å². The van der Waals surface area contributed by atoms with E-state index in [9.17, 15) is 14.7 Å². The van der Waals surface area contributed by atoms with Crippen molar-refractivity contribution in [2.75, 3.05) is 0 Å². The van der Waals surface area contributed by atoms with Crippen molar-refractivity contribution < 1.29 is 19.4 Å². The summed E-state index contributed by atoms with van der Waals surface area (Å²) < 4.78 is 5.45. The lowest BCUT2D eigenvalue weighted by atomic mass is 9.57. The zero-order chi connectivity index (χ0) is 21.2. The van der Waals surface area contributed by atoms with E-state index in [0.29, 0.717) is 13.0 Å². The maximum absolute atomic E-state index is 12.9. The second-order valence-corrected chi connectivity index (χ2v) is 8.86. The topological polar surface area (TPSA) is 75.6 Å². The van der Waals surface area contributed by atoms with Crippen LogP contribution in [0.15, 0.2) is 42.0 Å². The molecule has 1 unspecified atom stereocenters. The Hall–Kier alpha value is -2.14. The highest BCUT2D eigenvalue weighted by molar-refractivity contribution is 5.78. The SMILES string of the molecule is CC(=O)O[C@@H]1C[C@@]2(O)[C@H](C)CC[C@@H](C(C)C(=O)NCc3ccccc3)[C@H]2C=C1C. The normalized spacial score (nSPS) is 32.5. The van der Waals surface area contributed by atoms with Crippen molar-refractivity contribution in [2.24, 2.45) is 23.7 Å². The first-order valence-corrected chi connectivity index (χ1v) is 10.6. The summed E-state index contributed by atoms with van der Waals surface area (Å²) in [7, 11) is 0. The van der Waals surface area contributed by atoms with Crippen LogP contribution in [0.4, 0.5) is 0 Å². The Morgan fingerprint density at radius 1 is 1.28 bits per heavy atom. The third-order valence-electron chi connectivity index (χ3n) is 6.96. The molecule has 6 atom stereocenters. The average molecular weight is 400 g/mol. The summed E-state index contributed by atoms with van der Waals surface area (Å²) in [5, 5.41) is 14.7. The molecule has 0 spiro atoms. The molecular formula is C24H33NO4. The maximum atomic E-state index is 12.9. The van der Waals surface area contributed by atoms with Gasteiger partial charge in [-0.25, -0.2) is 0 Å². The van der Waals surface area contributed by atoms with Gasteiger partial charge in [-0.2, -0.15) is 0 Å². The molecule has 5 heteroatoms. The quantitative estimate of drug-likeness (QED) is 0.586. The first-order valence-electron chi connectivity index (χ1n) is 10.6. The van der Waals surface area contributed by atoms with Gasteiger partial charge in [0.2, 0.25) is 5.91 Å². The standard InChI is InChI=1S/C24H33NO4/c1-15-12-21-20(17(3)23(27)25-14-19-8-6-5-7-9-19)11-10-16(2)24(21,28)13-22(15)29-18(4)26/h5-9,12,16-17,20-22,28H,10-11,13-14H2,1-4H3,(H,25,27)/t16-,17?,20+,21-,22-,24-/m1/s1. The van der Waals surface area contributed by atoms with Gasteiger partial charge in [0.05, 0.1) is 5.60 Å². The van der Waals surface area contributed by atoms with E-state index in [2.05, 4.69) is 18.3 Å². The summed E-state index contributed by atoms with van der Waals surface area (Å²) in [5.41, 5.74) is 1.07. The molecule has 0 radical (unpaired) electrons. The molecule has 0 saturated heterocycles. The van der Waals surface area contributed by atoms with E-state index in [-0.39, 0.29) is 35.5 Å². The lowest BCUT2D eigenvalue weighted by Crippen LogP contribution is -2.56. The van der Waals surface area contributed by atoms with E-state index in [4.69, 9.17) is 4.74 Å². The average Bonchev–Trinajstić information content (AvgIpc) is 2.68. The number of hydrogen-bond donors (Lipinski definition) is 2. The number of hydrogen-bond acceptors (Lipinski definition) is 4. The van der Waals surface area contributed by atoms with E-state index < -0.39 is 11.7 Å². The number of nitrogens with one attached hydrogen (secondary N) is 1. The number of rotatable bonds is 5. The van der Waals surface area contributed by atoms with Crippen LogP contribution in [0.3, 0.4) is 0 Å². The van der Waals surface area contributed by atoms with Crippen LogP contribution in [0.25, 0.3) is 0 Å². The maximum Gasteiger partial charge on any atom is 0.303 e. The van der Waals surface area contributed by atoms with Crippen molar-refractivity contribution in [1.82, 2.24) is 5.32 Å². The molecule has 1 aromatic rings. The molecule has 3 rings (SSSR count). The fourth-order valence-corrected chi connectivity index (χ4v) is 5.06. The third-order valence-corrected chi connectivity index (χ3v) is 6.96. The largest absolute Gasteiger partial charge is 0.458 e. The lowest BCUT2D eigenvalue weighted by Gasteiger charge is -2.52. The summed E-state index contributed by atoms with van der Waals surface area (Å²) in [6.07, 6.45) is 3.81. The Bertz CT molecular complexity index is 774. The second-order valence-electron chi connectivity index (χ2n) is 8.86. The molecule has 0 heterocycles. The molecule has 0 aliphatic heterocycles. The van der Waals surface area contributed by atoms with Gasteiger partial charge in [-0.1, -0.05) is 50.3 Å². The minimum absolute atomic E-state index is 0.0175. The number of carbonyl (C=O) groups excluding carboxylic acids is 2. The van der Waals surface area contributed by atoms with E-state index in [1.807, 2.05) is 44.2 Å². The Balaban J connectivity index is 1.76. The summed E-state index contributed by atoms with van der Waals surface area (Å²) in [5.74, 6) is -0.499.